The summed E-state index contributed by atoms with van der Waals surface area (Å²) in [5, 5.41) is 3.61. The lowest BCUT2D eigenvalue weighted by Gasteiger charge is -2.10. The van der Waals surface area contributed by atoms with Gasteiger partial charge in [-0.25, -0.2) is 4.98 Å². The largest absolute Gasteiger partial charge is 0.454 e. The van der Waals surface area contributed by atoms with E-state index in [4.69, 9.17) is 9.47 Å². The quantitative estimate of drug-likeness (QED) is 0.301. The predicted octanol–water partition coefficient (Wildman–Crippen LogP) is 4.51. The van der Waals surface area contributed by atoms with Gasteiger partial charge in [0.15, 0.2) is 22.4 Å². The molecule has 0 atom stereocenters. The molecule has 0 fully saturated rings. The fourth-order valence-electron chi connectivity index (χ4n) is 3.55. The maximum atomic E-state index is 12.7. The van der Waals surface area contributed by atoms with E-state index in [2.05, 4.69) is 10.3 Å². The molecule has 0 unspecified atom stereocenters. The van der Waals surface area contributed by atoms with Crippen LogP contribution in [0.25, 0.3) is 5.69 Å². The third-order valence-corrected chi connectivity index (χ3v) is 6.28. The van der Waals surface area contributed by atoms with E-state index in [-0.39, 0.29) is 24.2 Å². The van der Waals surface area contributed by atoms with Gasteiger partial charge in [0.25, 0.3) is 5.91 Å². The van der Waals surface area contributed by atoms with E-state index in [0.717, 1.165) is 11.3 Å². The Morgan fingerprint density at radius 2 is 1.79 bits per heavy atom. The average molecular weight is 472 g/mol. The number of Topliss-reactive ketones (excluding diaryl/α,β-unsaturated/α-hetero) is 1. The molecule has 1 aliphatic rings. The maximum absolute atomic E-state index is 12.7. The van der Waals surface area contributed by atoms with Crippen LogP contribution in [0.15, 0.2) is 90.3 Å². The van der Waals surface area contributed by atoms with Crippen molar-refractivity contribution in [2.45, 2.75) is 11.7 Å². The number of carbonyl (C=O) groups is 2. The van der Waals surface area contributed by atoms with Crippen molar-refractivity contribution >= 4 is 23.5 Å². The van der Waals surface area contributed by atoms with Crippen molar-refractivity contribution in [1.82, 2.24) is 14.9 Å². The van der Waals surface area contributed by atoms with Gasteiger partial charge < -0.3 is 14.8 Å². The zero-order chi connectivity index (χ0) is 23.3. The average Bonchev–Trinajstić information content (AvgIpc) is 3.55. The van der Waals surface area contributed by atoms with Crippen LogP contribution in [0, 0.1) is 0 Å². The molecule has 1 amide bonds. The number of imidazole rings is 1. The topological polar surface area (TPSA) is 82.5 Å². The third-order valence-electron chi connectivity index (χ3n) is 5.32. The number of amides is 1. The number of nitrogens with zero attached hydrogens (tertiary/aromatic N) is 2. The maximum Gasteiger partial charge on any atom is 0.251 e. The normalized spacial score (nSPS) is 11.9. The highest BCUT2D eigenvalue weighted by Gasteiger charge is 2.17. The summed E-state index contributed by atoms with van der Waals surface area (Å²) in [7, 11) is 0. The summed E-state index contributed by atoms with van der Waals surface area (Å²) in [5.41, 5.74) is 2.94. The lowest BCUT2D eigenvalue weighted by atomic mass is 10.1. The van der Waals surface area contributed by atoms with E-state index in [9.17, 15) is 9.59 Å². The van der Waals surface area contributed by atoms with Crippen molar-refractivity contribution in [3.63, 3.8) is 0 Å². The Bertz CT molecular complexity index is 1340. The van der Waals surface area contributed by atoms with E-state index in [1.807, 2.05) is 59.3 Å². The molecule has 4 aromatic rings. The molecule has 0 spiro atoms. The second-order valence-corrected chi connectivity index (χ2v) is 8.52. The van der Waals surface area contributed by atoms with Crippen LogP contribution in [-0.2, 0) is 6.54 Å². The van der Waals surface area contributed by atoms with Gasteiger partial charge >= 0.3 is 0 Å². The fourth-order valence-corrected chi connectivity index (χ4v) is 4.42. The molecule has 170 valence electrons. The van der Waals surface area contributed by atoms with Gasteiger partial charge in [0.2, 0.25) is 6.79 Å². The standard InChI is InChI=1S/C26H21N3O4S/c30-22(19-9-10-23-24(14-19)33-17-32-23)16-34-26-27-11-12-29(26)21-8-4-7-20(13-21)25(31)28-15-18-5-2-1-3-6-18/h1-14H,15-17H2,(H,28,31). The zero-order valence-electron chi connectivity index (χ0n) is 18.1. The van der Waals surface area contributed by atoms with Crippen LogP contribution < -0.4 is 14.8 Å². The number of benzene rings is 3. The van der Waals surface area contributed by atoms with Gasteiger partial charge in [0, 0.05) is 35.8 Å². The van der Waals surface area contributed by atoms with Crippen LogP contribution in [0.5, 0.6) is 11.5 Å². The van der Waals surface area contributed by atoms with Crippen molar-refractivity contribution in [1.29, 1.82) is 0 Å². The molecule has 3 aromatic carbocycles. The van der Waals surface area contributed by atoms with Crippen LogP contribution in [0.2, 0.25) is 0 Å². The highest BCUT2D eigenvalue weighted by Crippen LogP contribution is 2.33. The Morgan fingerprint density at radius 1 is 0.941 bits per heavy atom. The summed E-state index contributed by atoms with van der Waals surface area (Å²) < 4.78 is 12.5. The van der Waals surface area contributed by atoms with Crippen LogP contribution in [-0.4, -0.2) is 33.8 Å². The number of fused-ring (bicyclic) bond motifs is 1. The van der Waals surface area contributed by atoms with Crippen LogP contribution in [0.1, 0.15) is 26.3 Å². The molecule has 1 aromatic heterocycles. The van der Waals surface area contributed by atoms with Gasteiger partial charge in [-0.1, -0.05) is 48.2 Å². The number of nitrogens with one attached hydrogen (secondary N) is 1. The molecule has 0 saturated carbocycles. The van der Waals surface area contributed by atoms with Crippen LogP contribution in [0.4, 0.5) is 0 Å². The number of ether oxygens (including phenoxy) is 2. The van der Waals surface area contributed by atoms with Crippen molar-refractivity contribution in [2.24, 2.45) is 0 Å². The first-order valence-corrected chi connectivity index (χ1v) is 11.7. The molecule has 0 aliphatic carbocycles. The second-order valence-electron chi connectivity index (χ2n) is 7.58. The molecule has 7 nitrogen and oxygen atoms in total. The number of thioether (sulfide) groups is 1. The summed E-state index contributed by atoms with van der Waals surface area (Å²) in [6, 6.07) is 22.3. The van der Waals surface area contributed by atoms with Gasteiger partial charge in [-0.2, -0.15) is 0 Å². The summed E-state index contributed by atoms with van der Waals surface area (Å²) in [4.78, 5) is 29.8. The minimum Gasteiger partial charge on any atom is -0.454 e. The van der Waals surface area contributed by atoms with Crippen molar-refractivity contribution < 1.29 is 19.1 Å². The predicted molar refractivity (Wildman–Crippen MR) is 129 cm³/mol. The Labute approximate surface area is 200 Å². The molecule has 34 heavy (non-hydrogen) atoms. The number of aromatic nitrogens is 2. The first-order chi connectivity index (χ1) is 16.7. The van der Waals surface area contributed by atoms with Crippen molar-refractivity contribution in [2.75, 3.05) is 12.5 Å². The molecule has 5 rings (SSSR count). The summed E-state index contributed by atoms with van der Waals surface area (Å²) >= 11 is 1.34. The lowest BCUT2D eigenvalue weighted by molar-refractivity contribution is 0.0950. The molecule has 0 radical (unpaired) electrons. The van der Waals surface area contributed by atoms with Crippen molar-refractivity contribution in [3.05, 3.63) is 102 Å². The van der Waals surface area contributed by atoms with E-state index >= 15 is 0 Å². The first kappa shape index (κ1) is 21.8. The summed E-state index contributed by atoms with van der Waals surface area (Å²) in [6.45, 7) is 0.626. The van der Waals surface area contributed by atoms with E-state index < -0.39 is 0 Å². The summed E-state index contributed by atoms with van der Waals surface area (Å²) in [5.74, 6) is 1.26. The van der Waals surface area contributed by atoms with Gasteiger partial charge in [-0.3, -0.25) is 14.2 Å². The van der Waals surface area contributed by atoms with Gasteiger partial charge in [0.1, 0.15) is 0 Å². The lowest BCUT2D eigenvalue weighted by Crippen LogP contribution is -2.22. The molecule has 8 heteroatoms. The smallest absolute Gasteiger partial charge is 0.251 e. The van der Waals surface area contributed by atoms with Gasteiger partial charge in [-0.05, 0) is 42.0 Å². The number of ketones is 1. The highest BCUT2D eigenvalue weighted by molar-refractivity contribution is 7.99. The van der Waals surface area contributed by atoms with Crippen molar-refractivity contribution in [3.8, 4) is 17.2 Å². The Kier molecular flexibility index (Phi) is 6.31. The van der Waals surface area contributed by atoms with Crippen LogP contribution in [0.3, 0.4) is 0 Å². The molecular weight excluding hydrogens is 450 g/mol. The Morgan fingerprint density at radius 3 is 2.68 bits per heavy atom. The Hall–Kier alpha value is -4.04. The number of hydrogen-bond acceptors (Lipinski definition) is 6. The summed E-state index contributed by atoms with van der Waals surface area (Å²) in [6.07, 6.45) is 3.49. The minimum atomic E-state index is -0.155. The number of carbonyl (C=O) groups excluding carboxylic acids is 2. The SMILES string of the molecule is O=C(CSc1nccn1-c1cccc(C(=O)NCc2ccccc2)c1)c1ccc2c(c1)OCO2. The number of hydrogen-bond donors (Lipinski definition) is 1. The molecular formula is C26H21N3O4S. The number of rotatable bonds is 8. The van der Waals surface area contributed by atoms with Gasteiger partial charge in [-0.15, -0.1) is 0 Å². The van der Waals surface area contributed by atoms with E-state index in [1.165, 1.54) is 11.8 Å². The molecule has 1 aliphatic heterocycles. The second kappa shape index (κ2) is 9.84. The van der Waals surface area contributed by atoms with Crippen LogP contribution >= 0.6 is 11.8 Å². The van der Waals surface area contributed by atoms with E-state index in [1.54, 1.807) is 30.5 Å². The molecule has 1 N–H and O–H groups in total. The molecule has 0 bridgehead atoms. The van der Waals surface area contributed by atoms with E-state index in [0.29, 0.717) is 34.3 Å². The highest BCUT2D eigenvalue weighted by atomic mass is 32.2. The molecule has 0 saturated heterocycles. The monoisotopic (exact) mass is 471 g/mol. The molecule has 2 heterocycles. The minimum absolute atomic E-state index is 0.0353. The third kappa shape index (κ3) is 4.82. The Balaban J connectivity index is 1.25. The first-order valence-electron chi connectivity index (χ1n) is 10.7. The van der Waals surface area contributed by atoms with Gasteiger partial charge in [0.05, 0.1) is 5.75 Å². The fraction of sp³-hybridized carbons (Fsp3) is 0.115. The zero-order valence-corrected chi connectivity index (χ0v) is 19.0.